The fourth-order valence-corrected chi connectivity index (χ4v) is 9.21. The van der Waals surface area contributed by atoms with E-state index in [2.05, 4.69) is 174 Å². The largest absolute Gasteiger partial charge is 0.310 e. The third-order valence-electron chi connectivity index (χ3n) is 11.4. The Kier molecular flexibility index (Phi) is 5.43. The monoisotopic (exact) mass is 593 g/mol. The van der Waals surface area contributed by atoms with Crippen molar-refractivity contribution in [3.8, 4) is 33.4 Å². The maximum absolute atomic E-state index is 2.59. The van der Waals surface area contributed by atoms with E-state index in [9.17, 15) is 0 Å². The molecule has 224 valence electrons. The van der Waals surface area contributed by atoms with Crippen LogP contribution >= 0.6 is 0 Å². The highest BCUT2D eigenvalue weighted by molar-refractivity contribution is 6.00. The Morgan fingerprint density at radius 3 is 1.33 bits per heavy atom. The van der Waals surface area contributed by atoms with Crippen LogP contribution in [0.15, 0.2) is 127 Å². The lowest BCUT2D eigenvalue weighted by molar-refractivity contribution is 0.640. The fourth-order valence-electron chi connectivity index (χ4n) is 9.21. The lowest BCUT2D eigenvalue weighted by atomic mass is 9.75. The summed E-state index contributed by atoms with van der Waals surface area (Å²) in [5.74, 6) is 0. The minimum Gasteiger partial charge on any atom is -0.310 e. The van der Waals surface area contributed by atoms with Gasteiger partial charge in [0.05, 0.1) is 5.69 Å². The van der Waals surface area contributed by atoms with E-state index < -0.39 is 0 Å². The van der Waals surface area contributed by atoms with Crippen molar-refractivity contribution < 1.29 is 0 Å². The Morgan fingerprint density at radius 2 is 0.783 bits per heavy atom. The van der Waals surface area contributed by atoms with Crippen molar-refractivity contribution in [2.24, 2.45) is 0 Å². The van der Waals surface area contributed by atoms with Gasteiger partial charge in [0.1, 0.15) is 0 Å². The van der Waals surface area contributed by atoms with Crippen molar-refractivity contribution in [3.05, 3.63) is 161 Å². The number of para-hydroxylation sites is 1. The molecule has 9 rings (SSSR count). The second-order valence-corrected chi connectivity index (χ2v) is 15.0. The van der Waals surface area contributed by atoms with Crippen LogP contribution in [-0.2, 0) is 16.2 Å². The first-order chi connectivity index (χ1) is 22.1. The summed E-state index contributed by atoms with van der Waals surface area (Å²) in [4.78, 5) is 2.59. The minimum atomic E-state index is -0.181. The highest BCUT2D eigenvalue weighted by atomic mass is 15.2. The van der Waals surface area contributed by atoms with E-state index in [1.165, 1.54) is 83.8 Å². The molecule has 0 radical (unpaired) electrons. The summed E-state index contributed by atoms with van der Waals surface area (Å²) in [6.07, 6.45) is 0. The molecule has 6 aromatic carbocycles. The maximum atomic E-state index is 2.59. The van der Waals surface area contributed by atoms with Gasteiger partial charge in [0.25, 0.3) is 0 Å². The normalized spacial score (nSPS) is 16.6. The third kappa shape index (κ3) is 3.41. The van der Waals surface area contributed by atoms with Crippen molar-refractivity contribution >= 4 is 17.1 Å². The molecule has 0 N–H and O–H groups in total. The average Bonchev–Trinajstić information content (AvgIpc) is 3.55. The summed E-state index contributed by atoms with van der Waals surface area (Å²) in [5.41, 5.74) is 19.9. The molecular weight excluding hydrogens is 555 g/mol. The van der Waals surface area contributed by atoms with Gasteiger partial charge in [0.15, 0.2) is 0 Å². The van der Waals surface area contributed by atoms with Crippen molar-refractivity contribution in [1.29, 1.82) is 0 Å². The van der Waals surface area contributed by atoms with E-state index in [1.54, 1.807) is 0 Å². The van der Waals surface area contributed by atoms with Gasteiger partial charge in [0, 0.05) is 27.6 Å². The number of hydrogen-bond donors (Lipinski definition) is 0. The second-order valence-electron chi connectivity index (χ2n) is 15.0. The molecule has 0 fully saturated rings. The molecular formula is C45H39N. The van der Waals surface area contributed by atoms with Crippen LogP contribution in [0.4, 0.5) is 17.1 Å². The number of anilines is 3. The number of rotatable bonds is 3. The van der Waals surface area contributed by atoms with Crippen LogP contribution in [0.3, 0.4) is 0 Å². The van der Waals surface area contributed by atoms with Gasteiger partial charge in [-0.15, -0.1) is 0 Å². The van der Waals surface area contributed by atoms with E-state index in [1.807, 2.05) is 0 Å². The molecule has 1 nitrogen and oxygen atoms in total. The van der Waals surface area contributed by atoms with Crippen LogP contribution < -0.4 is 4.90 Å². The quantitative estimate of drug-likeness (QED) is 0.197. The van der Waals surface area contributed by atoms with Gasteiger partial charge in [-0.05, 0) is 97.1 Å². The number of benzene rings is 6. The SMILES string of the molecule is CC1(C)c2ccccc2-c2cc(N(c3ccccc3)c3c4c(cc5c3C(C)(C)c3ccccc3-5)-c3ccccc3C4(C)C)ccc21. The molecule has 0 heterocycles. The molecule has 0 atom stereocenters. The molecule has 3 aliphatic carbocycles. The third-order valence-corrected chi connectivity index (χ3v) is 11.4. The predicted octanol–water partition coefficient (Wildman–Crippen LogP) is 12.1. The summed E-state index contributed by atoms with van der Waals surface area (Å²) in [6, 6.07) is 47.9. The van der Waals surface area contributed by atoms with Crippen LogP contribution in [0.25, 0.3) is 33.4 Å². The van der Waals surface area contributed by atoms with Crippen LogP contribution in [0.5, 0.6) is 0 Å². The molecule has 0 aromatic heterocycles. The Bertz CT molecular complexity index is 2150. The average molecular weight is 594 g/mol. The highest BCUT2D eigenvalue weighted by Crippen LogP contribution is 2.63. The summed E-state index contributed by atoms with van der Waals surface area (Å²) >= 11 is 0. The first-order valence-corrected chi connectivity index (χ1v) is 16.6. The lowest BCUT2D eigenvalue weighted by Gasteiger charge is -2.37. The molecule has 6 aromatic rings. The van der Waals surface area contributed by atoms with E-state index >= 15 is 0 Å². The summed E-state index contributed by atoms with van der Waals surface area (Å²) in [7, 11) is 0. The smallest absolute Gasteiger partial charge is 0.0555 e. The Hall–Kier alpha value is -4.88. The first kappa shape index (κ1) is 27.4. The second kappa shape index (κ2) is 9.10. The standard InChI is InChI=1S/C45H39N/c1-43(2)36-21-13-10-18-30(36)33-26-29(24-25-39(33)43)46(28-16-8-7-9-17-28)42-40-34(31-19-11-14-22-37(31)44(40,3)4)27-35-32-20-12-15-23-38(32)45(5,6)41(35)42/h7-27H,1-6H3. The number of fused-ring (bicyclic) bond motifs is 9. The molecule has 0 spiro atoms. The summed E-state index contributed by atoms with van der Waals surface area (Å²) in [6.45, 7) is 14.4. The molecule has 0 saturated heterocycles. The zero-order valence-corrected chi connectivity index (χ0v) is 27.6. The van der Waals surface area contributed by atoms with Gasteiger partial charge in [0.2, 0.25) is 0 Å². The van der Waals surface area contributed by atoms with Crippen molar-refractivity contribution in [3.63, 3.8) is 0 Å². The van der Waals surface area contributed by atoms with Gasteiger partial charge in [-0.1, -0.05) is 139 Å². The van der Waals surface area contributed by atoms with Gasteiger partial charge in [-0.25, -0.2) is 0 Å². The maximum Gasteiger partial charge on any atom is 0.0555 e. The zero-order chi connectivity index (χ0) is 31.6. The van der Waals surface area contributed by atoms with Crippen molar-refractivity contribution in [2.75, 3.05) is 4.90 Å². The molecule has 1 heteroatoms. The molecule has 0 bridgehead atoms. The molecule has 0 amide bonds. The first-order valence-electron chi connectivity index (χ1n) is 16.6. The summed E-state index contributed by atoms with van der Waals surface area (Å²) in [5, 5.41) is 0. The van der Waals surface area contributed by atoms with Gasteiger partial charge in [-0.2, -0.15) is 0 Å². The van der Waals surface area contributed by atoms with Crippen molar-refractivity contribution in [2.45, 2.75) is 57.8 Å². The van der Waals surface area contributed by atoms with Gasteiger partial charge in [-0.3, -0.25) is 0 Å². The van der Waals surface area contributed by atoms with Crippen LogP contribution in [-0.4, -0.2) is 0 Å². The molecule has 0 aliphatic heterocycles. The minimum absolute atomic E-state index is 0.0372. The summed E-state index contributed by atoms with van der Waals surface area (Å²) < 4.78 is 0. The number of hydrogen-bond acceptors (Lipinski definition) is 1. The van der Waals surface area contributed by atoms with E-state index in [4.69, 9.17) is 0 Å². The van der Waals surface area contributed by atoms with E-state index in [-0.39, 0.29) is 16.2 Å². The lowest BCUT2D eigenvalue weighted by Crippen LogP contribution is -2.26. The van der Waals surface area contributed by atoms with Crippen LogP contribution in [0.2, 0.25) is 0 Å². The van der Waals surface area contributed by atoms with Crippen LogP contribution in [0.1, 0.15) is 74.9 Å². The van der Waals surface area contributed by atoms with Crippen LogP contribution in [0, 0.1) is 0 Å². The predicted molar refractivity (Wildman–Crippen MR) is 194 cm³/mol. The Labute approximate surface area is 273 Å². The zero-order valence-electron chi connectivity index (χ0n) is 27.6. The van der Waals surface area contributed by atoms with Gasteiger partial charge < -0.3 is 4.90 Å². The Morgan fingerprint density at radius 1 is 0.348 bits per heavy atom. The highest BCUT2D eigenvalue weighted by Gasteiger charge is 2.47. The molecule has 46 heavy (non-hydrogen) atoms. The number of nitrogens with zero attached hydrogens (tertiary/aromatic N) is 1. The molecule has 0 unspecified atom stereocenters. The van der Waals surface area contributed by atoms with Crippen molar-refractivity contribution in [1.82, 2.24) is 0 Å². The van der Waals surface area contributed by atoms with Gasteiger partial charge >= 0.3 is 0 Å². The molecule has 3 aliphatic rings. The Balaban J connectivity index is 1.42. The fraction of sp³-hybridized carbons (Fsp3) is 0.200. The van der Waals surface area contributed by atoms with E-state index in [0.29, 0.717) is 0 Å². The topological polar surface area (TPSA) is 3.24 Å². The van der Waals surface area contributed by atoms with E-state index in [0.717, 1.165) is 0 Å². The molecule has 0 saturated carbocycles.